The van der Waals surface area contributed by atoms with Gasteiger partial charge < -0.3 is 5.73 Å². The predicted octanol–water partition coefficient (Wildman–Crippen LogP) is 1.64. The van der Waals surface area contributed by atoms with Crippen LogP contribution in [0.1, 0.15) is 5.56 Å². The summed E-state index contributed by atoms with van der Waals surface area (Å²) < 4.78 is 0. The van der Waals surface area contributed by atoms with Crippen molar-refractivity contribution in [1.29, 1.82) is 0 Å². The Morgan fingerprint density at radius 2 is 2.00 bits per heavy atom. The molecule has 68 valence electrons. The number of benzene rings is 1. The average molecular weight is 183 g/mol. The molecule has 0 saturated heterocycles. The van der Waals surface area contributed by atoms with Gasteiger partial charge >= 0.3 is 0 Å². The van der Waals surface area contributed by atoms with E-state index in [9.17, 15) is 0 Å². The third kappa shape index (κ3) is 1.34. The first kappa shape index (κ1) is 8.39. The maximum atomic E-state index is 5.71. The lowest BCUT2D eigenvalue weighted by Gasteiger charge is -1.98. The van der Waals surface area contributed by atoms with E-state index in [4.69, 9.17) is 12.2 Å². The molecule has 3 heteroatoms. The van der Waals surface area contributed by atoms with Gasteiger partial charge in [-0.3, -0.25) is 5.10 Å². The highest BCUT2D eigenvalue weighted by Crippen LogP contribution is 2.22. The number of rotatable bonds is 1. The maximum Gasteiger partial charge on any atom is 0.0879 e. The first-order valence-corrected chi connectivity index (χ1v) is 4.17. The van der Waals surface area contributed by atoms with E-state index < -0.39 is 0 Å². The number of nitrogen functional groups attached to an aromatic ring is 1. The number of hydrogen-bond acceptors (Lipinski definition) is 2. The van der Waals surface area contributed by atoms with Crippen LogP contribution >= 0.6 is 0 Å². The topological polar surface area (TPSA) is 54.7 Å². The number of H-pyrrole nitrogens is 1. The lowest BCUT2D eigenvalue weighted by Crippen LogP contribution is -1.86. The van der Waals surface area contributed by atoms with Crippen LogP contribution in [0.5, 0.6) is 0 Å². The highest BCUT2D eigenvalue weighted by atomic mass is 15.1. The number of terminal acetylenes is 1. The van der Waals surface area contributed by atoms with E-state index in [1.165, 1.54) is 0 Å². The van der Waals surface area contributed by atoms with Gasteiger partial charge in [0.05, 0.1) is 17.6 Å². The standard InChI is InChI=1S/C11H9N3/c1-2-8-3-5-9(6-4-8)11-10(12)7-13-14-11/h1,3-7H,12H2,(H,13,14). The summed E-state index contributed by atoms with van der Waals surface area (Å²) in [7, 11) is 0. The summed E-state index contributed by atoms with van der Waals surface area (Å²) in [5.41, 5.74) is 9.01. The molecule has 3 N–H and O–H groups in total. The number of nitrogens with one attached hydrogen (secondary N) is 1. The lowest BCUT2D eigenvalue weighted by molar-refractivity contribution is 1.10. The van der Waals surface area contributed by atoms with Crippen LogP contribution in [0.15, 0.2) is 30.5 Å². The van der Waals surface area contributed by atoms with Crippen LogP contribution in [-0.4, -0.2) is 10.2 Å². The zero-order valence-electron chi connectivity index (χ0n) is 7.49. The van der Waals surface area contributed by atoms with Crippen LogP contribution in [-0.2, 0) is 0 Å². The highest BCUT2D eigenvalue weighted by molar-refractivity contribution is 5.72. The van der Waals surface area contributed by atoms with E-state index in [1.807, 2.05) is 24.3 Å². The Labute approximate surface area is 82.0 Å². The van der Waals surface area contributed by atoms with E-state index >= 15 is 0 Å². The fourth-order valence-corrected chi connectivity index (χ4v) is 1.26. The summed E-state index contributed by atoms with van der Waals surface area (Å²) in [4.78, 5) is 0. The molecule has 3 nitrogen and oxygen atoms in total. The minimum Gasteiger partial charge on any atom is -0.396 e. The molecule has 0 aliphatic rings. The second-order valence-corrected chi connectivity index (χ2v) is 2.92. The van der Waals surface area contributed by atoms with E-state index in [2.05, 4.69) is 16.1 Å². The van der Waals surface area contributed by atoms with Crippen LogP contribution in [0.2, 0.25) is 0 Å². The number of aromatic amines is 1. The molecule has 0 atom stereocenters. The smallest absolute Gasteiger partial charge is 0.0879 e. The summed E-state index contributed by atoms with van der Waals surface area (Å²) >= 11 is 0. The Bertz CT molecular complexity index is 474. The van der Waals surface area contributed by atoms with Crippen molar-refractivity contribution in [3.63, 3.8) is 0 Å². The molecule has 1 heterocycles. The molecule has 0 aliphatic carbocycles. The molecule has 0 aliphatic heterocycles. The van der Waals surface area contributed by atoms with Crippen molar-refractivity contribution in [1.82, 2.24) is 10.2 Å². The third-order valence-electron chi connectivity index (χ3n) is 2.01. The van der Waals surface area contributed by atoms with Gasteiger partial charge in [-0.25, -0.2) is 0 Å². The molecule has 0 amide bonds. The summed E-state index contributed by atoms with van der Waals surface area (Å²) in [5.74, 6) is 2.56. The first-order chi connectivity index (χ1) is 6.81. The largest absolute Gasteiger partial charge is 0.396 e. The monoisotopic (exact) mass is 183 g/mol. The lowest BCUT2D eigenvalue weighted by atomic mass is 10.1. The molecule has 2 rings (SSSR count). The summed E-state index contributed by atoms with van der Waals surface area (Å²) in [6.45, 7) is 0. The Hall–Kier alpha value is -2.21. The van der Waals surface area contributed by atoms with Crippen molar-refractivity contribution in [2.24, 2.45) is 0 Å². The number of nitrogens with zero attached hydrogens (tertiary/aromatic N) is 1. The first-order valence-electron chi connectivity index (χ1n) is 4.17. The van der Waals surface area contributed by atoms with Crippen LogP contribution in [0.3, 0.4) is 0 Å². The predicted molar refractivity (Wildman–Crippen MR) is 56.4 cm³/mol. The number of anilines is 1. The summed E-state index contributed by atoms with van der Waals surface area (Å²) in [5, 5.41) is 6.68. The quantitative estimate of drug-likeness (QED) is 0.660. The fourth-order valence-electron chi connectivity index (χ4n) is 1.26. The van der Waals surface area contributed by atoms with Gasteiger partial charge in [0.15, 0.2) is 0 Å². The van der Waals surface area contributed by atoms with Crippen molar-refractivity contribution >= 4 is 5.69 Å². The Balaban J connectivity index is 2.45. The van der Waals surface area contributed by atoms with Gasteiger partial charge in [0.25, 0.3) is 0 Å². The second-order valence-electron chi connectivity index (χ2n) is 2.92. The van der Waals surface area contributed by atoms with Crippen LogP contribution in [0.25, 0.3) is 11.3 Å². The molecular formula is C11H9N3. The minimum absolute atomic E-state index is 0.637. The van der Waals surface area contributed by atoms with E-state index in [1.54, 1.807) is 6.20 Å². The minimum atomic E-state index is 0.637. The van der Waals surface area contributed by atoms with Crippen molar-refractivity contribution in [2.45, 2.75) is 0 Å². The SMILES string of the molecule is C#Cc1ccc(-c2[nH]ncc2N)cc1. The Morgan fingerprint density at radius 3 is 2.50 bits per heavy atom. The van der Waals surface area contributed by atoms with Gasteiger partial charge in [-0.15, -0.1) is 6.42 Å². The van der Waals surface area contributed by atoms with Crippen molar-refractivity contribution in [3.8, 4) is 23.6 Å². The zero-order chi connectivity index (χ0) is 9.97. The molecule has 0 spiro atoms. The Morgan fingerprint density at radius 1 is 1.29 bits per heavy atom. The molecule has 2 aromatic rings. The van der Waals surface area contributed by atoms with Gasteiger partial charge in [-0.2, -0.15) is 5.10 Å². The van der Waals surface area contributed by atoms with Crippen LogP contribution in [0, 0.1) is 12.3 Å². The van der Waals surface area contributed by atoms with Gasteiger partial charge in [0.1, 0.15) is 0 Å². The second kappa shape index (κ2) is 3.27. The van der Waals surface area contributed by atoms with Crippen molar-refractivity contribution in [2.75, 3.05) is 5.73 Å². The van der Waals surface area contributed by atoms with E-state index in [0.29, 0.717) is 5.69 Å². The number of hydrogen-bond donors (Lipinski definition) is 2. The highest BCUT2D eigenvalue weighted by Gasteiger charge is 2.03. The van der Waals surface area contributed by atoms with Gasteiger partial charge in [-0.05, 0) is 12.1 Å². The van der Waals surface area contributed by atoms with Crippen LogP contribution < -0.4 is 5.73 Å². The Kier molecular flexibility index (Phi) is 1.96. The molecule has 0 saturated carbocycles. The summed E-state index contributed by atoms with van der Waals surface area (Å²) in [6.07, 6.45) is 6.84. The van der Waals surface area contributed by atoms with Gasteiger partial charge in [0.2, 0.25) is 0 Å². The number of aromatic nitrogens is 2. The maximum absolute atomic E-state index is 5.71. The van der Waals surface area contributed by atoms with Crippen molar-refractivity contribution < 1.29 is 0 Å². The molecular weight excluding hydrogens is 174 g/mol. The van der Waals surface area contributed by atoms with Crippen LogP contribution in [0.4, 0.5) is 5.69 Å². The zero-order valence-corrected chi connectivity index (χ0v) is 7.49. The number of nitrogens with two attached hydrogens (primary N) is 1. The third-order valence-corrected chi connectivity index (χ3v) is 2.01. The van der Waals surface area contributed by atoms with E-state index in [0.717, 1.165) is 16.8 Å². The molecule has 1 aromatic carbocycles. The molecule has 0 fully saturated rings. The molecule has 0 bridgehead atoms. The fraction of sp³-hybridized carbons (Fsp3) is 0. The molecule has 14 heavy (non-hydrogen) atoms. The summed E-state index contributed by atoms with van der Waals surface area (Å²) in [6, 6.07) is 7.57. The normalized spacial score (nSPS) is 9.64. The van der Waals surface area contributed by atoms with Crippen molar-refractivity contribution in [3.05, 3.63) is 36.0 Å². The van der Waals surface area contributed by atoms with Gasteiger partial charge in [0, 0.05) is 11.1 Å². The average Bonchev–Trinajstić information content (AvgIpc) is 2.65. The van der Waals surface area contributed by atoms with E-state index in [-0.39, 0.29) is 0 Å². The molecule has 0 radical (unpaired) electrons. The molecule has 0 unspecified atom stereocenters. The molecule has 1 aromatic heterocycles. The van der Waals surface area contributed by atoms with Gasteiger partial charge in [-0.1, -0.05) is 18.1 Å².